The van der Waals surface area contributed by atoms with Crippen LogP contribution in [0.2, 0.25) is 5.02 Å². The molecule has 0 unspecified atom stereocenters. The zero-order valence-corrected chi connectivity index (χ0v) is 17.9. The molecule has 1 saturated heterocycles. The molecular formula is C22H28ClN3O3. The zero-order valence-electron chi connectivity index (χ0n) is 17.2. The third-order valence-electron chi connectivity index (χ3n) is 5.43. The number of hydrogen-bond acceptors (Lipinski definition) is 4. The maximum atomic E-state index is 12.1. The van der Waals surface area contributed by atoms with Crippen LogP contribution in [0.5, 0.6) is 0 Å². The first-order chi connectivity index (χ1) is 13.8. The number of furan rings is 1. The van der Waals surface area contributed by atoms with Gasteiger partial charge in [-0.05, 0) is 76.4 Å². The molecule has 0 saturated carbocycles. The number of rotatable bonds is 5. The van der Waals surface area contributed by atoms with E-state index in [4.69, 9.17) is 16.0 Å². The van der Waals surface area contributed by atoms with E-state index < -0.39 is 11.8 Å². The number of hydrogen-bond donors (Lipinski definition) is 2. The maximum Gasteiger partial charge on any atom is 0.313 e. The number of carbonyl (C=O) groups excluding carboxylic acids is 2. The molecule has 2 N–H and O–H groups in total. The largest absolute Gasteiger partial charge is 0.466 e. The van der Waals surface area contributed by atoms with Crippen LogP contribution in [-0.2, 0) is 16.1 Å². The lowest BCUT2D eigenvalue weighted by Crippen LogP contribution is -2.41. The molecule has 0 bridgehead atoms. The van der Waals surface area contributed by atoms with Gasteiger partial charge in [0.2, 0.25) is 0 Å². The Hall–Kier alpha value is -2.31. The highest BCUT2D eigenvalue weighted by molar-refractivity contribution is 6.39. The molecule has 2 aromatic rings. The molecule has 156 valence electrons. The lowest BCUT2D eigenvalue weighted by molar-refractivity contribution is -0.136. The van der Waals surface area contributed by atoms with E-state index in [9.17, 15) is 9.59 Å². The minimum atomic E-state index is -0.673. The van der Waals surface area contributed by atoms with E-state index in [0.29, 0.717) is 23.2 Å². The third-order valence-corrected chi connectivity index (χ3v) is 5.84. The Balaban J connectivity index is 1.40. The first-order valence-electron chi connectivity index (χ1n) is 9.95. The SMILES string of the molecule is Cc1cc(CN2CCC(CNC(=O)C(=O)Nc3ccc(C)c(Cl)c3)CC2)c(C)o1. The van der Waals surface area contributed by atoms with Crippen LogP contribution in [0.4, 0.5) is 5.69 Å². The monoisotopic (exact) mass is 417 g/mol. The van der Waals surface area contributed by atoms with Gasteiger partial charge in [-0.3, -0.25) is 14.5 Å². The number of aryl methyl sites for hydroxylation is 3. The van der Waals surface area contributed by atoms with E-state index in [2.05, 4.69) is 21.6 Å². The average molecular weight is 418 g/mol. The van der Waals surface area contributed by atoms with Crippen molar-refractivity contribution in [1.29, 1.82) is 0 Å². The molecular weight excluding hydrogens is 390 g/mol. The summed E-state index contributed by atoms with van der Waals surface area (Å²) in [5.41, 5.74) is 2.67. The van der Waals surface area contributed by atoms with Gasteiger partial charge >= 0.3 is 11.8 Å². The normalized spacial score (nSPS) is 15.3. The Labute approximate surface area is 176 Å². The number of anilines is 1. The third kappa shape index (κ3) is 5.84. The molecule has 3 rings (SSSR count). The van der Waals surface area contributed by atoms with Gasteiger partial charge in [-0.15, -0.1) is 0 Å². The van der Waals surface area contributed by atoms with Gasteiger partial charge in [-0.25, -0.2) is 0 Å². The van der Waals surface area contributed by atoms with Crippen molar-refractivity contribution in [1.82, 2.24) is 10.2 Å². The van der Waals surface area contributed by atoms with Crippen LogP contribution in [0.1, 0.15) is 35.5 Å². The predicted molar refractivity (Wildman–Crippen MR) is 114 cm³/mol. The van der Waals surface area contributed by atoms with Crippen molar-refractivity contribution in [2.75, 3.05) is 25.0 Å². The number of amides is 2. The molecule has 1 aliphatic rings. The molecule has 0 radical (unpaired) electrons. The van der Waals surface area contributed by atoms with Crippen LogP contribution in [0, 0.1) is 26.7 Å². The first kappa shape index (κ1) is 21.4. The molecule has 2 heterocycles. The Morgan fingerprint density at radius 1 is 1.14 bits per heavy atom. The smallest absolute Gasteiger partial charge is 0.313 e. The van der Waals surface area contributed by atoms with Gasteiger partial charge in [0, 0.05) is 29.4 Å². The molecule has 1 fully saturated rings. The van der Waals surface area contributed by atoms with E-state index >= 15 is 0 Å². The number of carbonyl (C=O) groups is 2. The Bertz CT molecular complexity index is 885. The summed E-state index contributed by atoms with van der Waals surface area (Å²) in [5, 5.41) is 5.90. The fraction of sp³-hybridized carbons (Fsp3) is 0.455. The van der Waals surface area contributed by atoms with Gasteiger partial charge in [-0.1, -0.05) is 17.7 Å². The predicted octanol–water partition coefficient (Wildman–Crippen LogP) is 3.83. The summed E-state index contributed by atoms with van der Waals surface area (Å²) < 4.78 is 5.60. The average Bonchev–Trinajstić information content (AvgIpc) is 3.00. The van der Waals surface area contributed by atoms with Crippen molar-refractivity contribution in [3.05, 3.63) is 51.9 Å². The van der Waals surface area contributed by atoms with Crippen LogP contribution in [0.15, 0.2) is 28.7 Å². The Morgan fingerprint density at radius 3 is 2.48 bits per heavy atom. The minimum absolute atomic E-state index is 0.379. The van der Waals surface area contributed by atoms with Crippen molar-refractivity contribution in [3.8, 4) is 0 Å². The van der Waals surface area contributed by atoms with E-state index in [-0.39, 0.29) is 0 Å². The second-order valence-electron chi connectivity index (χ2n) is 7.79. The summed E-state index contributed by atoms with van der Waals surface area (Å²) in [6.45, 7) is 9.19. The molecule has 29 heavy (non-hydrogen) atoms. The topological polar surface area (TPSA) is 74.6 Å². The second-order valence-corrected chi connectivity index (χ2v) is 8.19. The van der Waals surface area contributed by atoms with E-state index in [1.165, 1.54) is 5.56 Å². The molecule has 1 aliphatic heterocycles. The van der Waals surface area contributed by atoms with Crippen LogP contribution in [-0.4, -0.2) is 36.3 Å². The van der Waals surface area contributed by atoms with Crippen molar-refractivity contribution in [3.63, 3.8) is 0 Å². The number of halogens is 1. The van der Waals surface area contributed by atoms with Crippen molar-refractivity contribution in [2.24, 2.45) is 5.92 Å². The first-order valence-corrected chi connectivity index (χ1v) is 10.3. The van der Waals surface area contributed by atoms with Crippen LogP contribution >= 0.6 is 11.6 Å². The Kier molecular flexibility index (Phi) is 6.98. The fourth-order valence-corrected chi connectivity index (χ4v) is 3.79. The summed E-state index contributed by atoms with van der Waals surface area (Å²) in [5.74, 6) is 1.02. The van der Waals surface area contributed by atoms with Gasteiger partial charge < -0.3 is 15.1 Å². The second kappa shape index (κ2) is 9.46. The molecule has 0 atom stereocenters. The highest BCUT2D eigenvalue weighted by Crippen LogP contribution is 2.22. The fourth-order valence-electron chi connectivity index (χ4n) is 3.61. The van der Waals surface area contributed by atoms with Crippen molar-refractivity contribution >= 4 is 29.1 Å². The van der Waals surface area contributed by atoms with Crippen LogP contribution in [0.3, 0.4) is 0 Å². The Morgan fingerprint density at radius 2 is 1.86 bits per heavy atom. The van der Waals surface area contributed by atoms with Crippen molar-refractivity contribution in [2.45, 2.75) is 40.2 Å². The molecule has 0 spiro atoms. The van der Waals surface area contributed by atoms with Gasteiger partial charge in [0.1, 0.15) is 11.5 Å². The number of benzene rings is 1. The number of nitrogens with zero attached hydrogens (tertiary/aromatic N) is 1. The lowest BCUT2D eigenvalue weighted by Gasteiger charge is -2.31. The van der Waals surface area contributed by atoms with Gasteiger partial charge in [0.25, 0.3) is 0 Å². The van der Waals surface area contributed by atoms with Crippen LogP contribution < -0.4 is 10.6 Å². The standard InChI is InChI=1S/C22H28ClN3O3/c1-14-4-5-19(11-20(14)23)25-22(28)21(27)24-12-17-6-8-26(9-7-17)13-18-10-15(2)29-16(18)3/h4-5,10-11,17H,6-9,12-13H2,1-3H3,(H,24,27)(H,25,28). The van der Waals surface area contributed by atoms with E-state index in [1.54, 1.807) is 18.2 Å². The van der Waals surface area contributed by atoms with Gasteiger partial charge in [0.15, 0.2) is 0 Å². The molecule has 7 heteroatoms. The number of likely N-dealkylation sites (tertiary alicyclic amines) is 1. The summed E-state index contributed by atoms with van der Waals surface area (Å²) >= 11 is 6.05. The molecule has 1 aromatic heterocycles. The molecule has 1 aromatic carbocycles. The van der Waals surface area contributed by atoms with Gasteiger partial charge in [0.05, 0.1) is 0 Å². The zero-order chi connectivity index (χ0) is 21.0. The van der Waals surface area contributed by atoms with E-state index in [1.807, 2.05) is 20.8 Å². The summed E-state index contributed by atoms with van der Waals surface area (Å²) in [6.07, 6.45) is 1.98. The van der Waals surface area contributed by atoms with E-state index in [0.717, 1.165) is 49.6 Å². The highest BCUT2D eigenvalue weighted by atomic mass is 35.5. The minimum Gasteiger partial charge on any atom is -0.466 e. The summed E-state index contributed by atoms with van der Waals surface area (Å²) in [7, 11) is 0. The number of nitrogens with one attached hydrogen (secondary N) is 2. The number of piperidine rings is 1. The molecule has 2 amide bonds. The van der Waals surface area contributed by atoms with Crippen LogP contribution in [0.25, 0.3) is 0 Å². The summed E-state index contributed by atoms with van der Waals surface area (Å²) in [4.78, 5) is 26.6. The van der Waals surface area contributed by atoms with Gasteiger partial charge in [-0.2, -0.15) is 0 Å². The quantitative estimate of drug-likeness (QED) is 0.725. The highest BCUT2D eigenvalue weighted by Gasteiger charge is 2.22. The lowest BCUT2D eigenvalue weighted by atomic mass is 9.96. The molecule has 0 aliphatic carbocycles. The summed E-state index contributed by atoms with van der Waals surface area (Å²) in [6, 6.07) is 7.27. The maximum absolute atomic E-state index is 12.1. The molecule has 6 nitrogen and oxygen atoms in total. The van der Waals surface area contributed by atoms with Crippen molar-refractivity contribution < 1.29 is 14.0 Å².